The van der Waals surface area contributed by atoms with E-state index >= 15 is 0 Å². The summed E-state index contributed by atoms with van der Waals surface area (Å²) in [6, 6.07) is 7.02. The van der Waals surface area contributed by atoms with Crippen molar-refractivity contribution < 1.29 is 4.21 Å². The van der Waals surface area contributed by atoms with E-state index in [1.54, 1.807) is 18.2 Å². The van der Waals surface area contributed by atoms with Gasteiger partial charge < -0.3 is 0 Å². The fourth-order valence-corrected chi connectivity index (χ4v) is 1.79. The molecule has 0 aliphatic carbocycles. The van der Waals surface area contributed by atoms with Crippen LogP contribution in [-0.4, -0.2) is 10.5 Å². The summed E-state index contributed by atoms with van der Waals surface area (Å²) in [4.78, 5) is 0.528. The van der Waals surface area contributed by atoms with Crippen LogP contribution in [0.5, 0.6) is 0 Å². The third-order valence-electron chi connectivity index (χ3n) is 1.39. The van der Waals surface area contributed by atoms with Gasteiger partial charge in [-0.25, -0.2) is 8.99 Å². The second kappa shape index (κ2) is 2.66. The number of rotatable bonds is 1. The molecule has 0 heterocycles. The largest absolute Gasteiger partial charge is 0.249 e. The summed E-state index contributed by atoms with van der Waals surface area (Å²) in [5.41, 5.74) is 0.676. The Bertz CT molecular complexity index is 354. The SMILES string of the molecule is [CH2]c1ccccc1S(C)(=N)=O. The van der Waals surface area contributed by atoms with Gasteiger partial charge in [-0.15, -0.1) is 0 Å². The van der Waals surface area contributed by atoms with Crippen LogP contribution >= 0.6 is 0 Å². The predicted octanol–water partition coefficient (Wildman–Crippen LogP) is 1.90. The summed E-state index contributed by atoms with van der Waals surface area (Å²) >= 11 is 0. The van der Waals surface area contributed by atoms with Crippen molar-refractivity contribution in [2.75, 3.05) is 6.26 Å². The van der Waals surface area contributed by atoms with E-state index < -0.39 is 9.73 Å². The maximum atomic E-state index is 11.2. The number of hydrogen-bond acceptors (Lipinski definition) is 2. The van der Waals surface area contributed by atoms with E-state index in [4.69, 9.17) is 4.78 Å². The van der Waals surface area contributed by atoms with Crippen molar-refractivity contribution in [3.8, 4) is 0 Å². The van der Waals surface area contributed by atoms with Gasteiger partial charge in [0.25, 0.3) is 0 Å². The lowest BCUT2D eigenvalue weighted by molar-refractivity contribution is 0.678. The molecule has 1 radical (unpaired) electrons. The molecule has 3 heteroatoms. The molecule has 1 aromatic rings. The van der Waals surface area contributed by atoms with Crippen LogP contribution < -0.4 is 0 Å². The lowest BCUT2D eigenvalue weighted by atomic mass is 10.2. The van der Waals surface area contributed by atoms with Gasteiger partial charge in [0.2, 0.25) is 0 Å². The molecule has 1 aromatic carbocycles. The Labute approximate surface area is 67.2 Å². The highest BCUT2D eigenvalue weighted by Crippen LogP contribution is 2.13. The average Bonchev–Trinajstić information content (AvgIpc) is 1.86. The van der Waals surface area contributed by atoms with E-state index in [2.05, 4.69) is 6.92 Å². The Morgan fingerprint density at radius 2 is 2.00 bits per heavy atom. The van der Waals surface area contributed by atoms with Crippen LogP contribution in [0, 0.1) is 11.7 Å². The van der Waals surface area contributed by atoms with Crippen molar-refractivity contribution in [1.29, 1.82) is 4.78 Å². The van der Waals surface area contributed by atoms with Crippen LogP contribution in [0.3, 0.4) is 0 Å². The molecule has 2 nitrogen and oxygen atoms in total. The van der Waals surface area contributed by atoms with E-state index in [9.17, 15) is 4.21 Å². The zero-order valence-corrected chi connectivity index (χ0v) is 7.15. The Morgan fingerprint density at radius 3 is 2.36 bits per heavy atom. The molecule has 1 N–H and O–H groups in total. The van der Waals surface area contributed by atoms with Crippen LogP contribution in [0.15, 0.2) is 29.2 Å². The van der Waals surface area contributed by atoms with Gasteiger partial charge in [0.05, 0.1) is 14.6 Å². The van der Waals surface area contributed by atoms with Crippen molar-refractivity contribution in [1.82, 2.24) is 0 Å². The molecule has 0 bridgehead atoms. The number of hydrogen-bond donors (Lipinski definition) is 1. The van der Waals surface area contributed by atoms with Crippen LogP contribution in [0.1, 0.15) is 5.56 Å². The molecular formula is C8H10NOS. The molecule has 1 unspecified atom stereocenters. The molecule has 0 aliphatic rings. The maximum Gasteiger partial charge on any atom is 0.0699 e. The first kappa shape index (κ1) is 8.27. The standard InChI is InChI=1S/C8H10NOS/c1-7-5-3-4-6-8(7)11(2,9)10/h3-6,9H,1H2,2H3. The van der Waals surface area contributed by atoms with Crippen molar-refractivity contribution in [3.05, 3.63) is 36.8 Å². The van der Waals surface area contributed by atoms with Gasteiger partial charge in [-0.1, -0.05) is 18.2 Å². The van der Waals surface area contributed by atoms with Gasteiger partial charge in [0.15, 0.2) is 0 Å². The summed E-state index contributed by atoms with van der Waals surface area (Å²) in [6.45, 7) is 3.69. The van der Waals surface area contributed by atoms with E-state index in [-0.39, 0.29) is 0 Å². The van der Waals surface area contributed by atoms with Gasteiger partial charge in [0, 0.05) is 6.26 Å². The highest BCUT2D eigenvalue weighted by molar-refractivity contribution is 7.91. The van der Waals surface area contributed by atoms with Crippen molar-refractivity contribution >= 4 is 9.73 Å². The first-order valence-corrected chi connectivity index (χ1v) is 5.13. The minimum Gasteiger partial charge on any atom is -0.249 e. The van der Waals surface area contributed by atoms with Crippen molar-refractivity contribution in [2.45, 2.75) is 4.90 Å². The smallest absolute Gasteiger partial charge is 0.0699 e. The van der Waals surface area contributed by atoms with E-state index in [1.807, 2.05) is 6.07 Å². The fourth-order valence-electron chi connectivity index (χ4n) is 0.884. The molecule has 0 amide bonds. The second-order valence-electron chi connectivity index (χ2n) is 2.45. The van der Waals surface area contributed by atoms with Gasteiger partial charge in [-0.2, -0.15) is 0 Å². The zero-order chi connectivity index (χ0) is 8.48. The summed E-state index contributed by atoms with van der Waals surface area (Å²) in [5, 5.41) is 0. The first-order chi connectivity index (χ1) is 5.02. The topological polar surface area (TPSA) is 40.9 Å². The van der Waals surface area contributed by atoms with E-state index in [0.29, 0.717) is 10.5 Å². The van der Waals surface area contributed by atoms with E-state index in [1.165, 1.54) is 6.26 Å². The molecule has 59 valence electrons. The molecule has 11 heavy (non-hydrogen) atoms. The molecule has 0 saturated heterocycles. The lowest BCUT2D eigenvalue weighted by Gasteiger charge is -2.03. The fraction of sp³-hybridized carbons (Fsp3) is 0.125. The average molecular weight is 168 g/mol. The summed E-state index contributed by atoms with van der Waals surface area (Å²) in [6.07, 6.45) is 1.40. The number of benzene rings is 1. The minimum atomic E-state index is -2.60. The summed E-state index contributed by atoms with van der Waals surface area (Å²) < 4.78 is 18.5. The molecular weight excluding hydrogens is 158 g/mol. The lowest BCUT2D eigenvalue weighted by Crippen LogP contribution is -1.96. The van der Waals surface area contributed by atoms with Gasteiger partial charge in [-0.05, 0) is 18.6 Å². The Hall–Kier alpha value is -0.830. The number of nitrogens with one attached hydrogen (secondary N) is 1. The third kappa shape index (κ3) is 1.80. The maximum absolute atomic E-state index is 11.2. The van der Waals surface area contributed by atoms with Crippen LogP contribution in [0.2, 0.25) is 0 Å². The normalized spacial score (nSPS) is 15.8. The van der Waals surface area contributed by atoms with Crippen molar-refractivity contribution in [2.24, 2.45) is 0 Å². The molecule has 0 aromatic heterocycles. The van der Waals surface area contributed by atoms with Crippen LogP contribution in [0.25, 0.3) is 0 Å². The summed E-state index contributed by atoms with van der Waals surface area (Å²) in [5.74, 6) is 0. The minimum absolute atomic E-state index is 0.528. The molecule has 1 rings (SSSR count). The van der Waals surface area contributed by atoms with Gasteiger partial charge in [-0.3, -0.25) is 0 Å². The summed E-state index contributed by atoms with van der Waals surface area (Å²) in [7, 11) is -2.60. The monoisotopic (exact) mass is 168 g/mol. The second-order valence-corrected chi connectivity index (χ2v) is 4.58. The predicted molar refractivity (Wildman–Crippen MR) is 46.0 cm³/mol. The molecule has 0 aliphatic heterocycles. The molecule has 1 atom stereocenters. The first-order valence-electron chi connectivity index (χ1n) is 3.16. The molecule has 0 fully saturated rings. The van der Waals surface area contributed by atoms with E-state index in [0.717, 1.165) is 0 Å². The molecule has 0 saturated carbocycles. The van der Waals surface area contributed by atoms with Crippen molar-refractivity contribution in [3.63, 3.8) is 0 Å². The van der Waals surface area contributed by atoms with Crippen LogP contribution in [-0.2, 0) is 9.73 Å². The highest BCUT2D eigenvalue weighted by Gasteiger charge is 2.04. The van der Waals surface area contributed by atoms with Gasteiger partial charge in [0.1, 0.15) is 0 Å². The van der Waals surface area contributed by atoms with Gasteiger partial charge >= 0.3 is 0 Å². The third-order valence-corrected chi connectivity index (χ3v) is 2.63. The Kier molecular flexibility index (Phi) is 2.00. The highest BCUT2D eigenvalue weighted by atomic mass is 32.2. The Morgan fingerprint density at radius 1 is 1.45 bits per heavy atom. The zero-order valence-electron chi connectivity index (χ0n) is 6.33. The molecule has 0 spiro atoms. The Balaban J connectivity index is 3.37. The quantitative estimate of drug-likeness (QED) is 0.683. The van der Waals surface area contributed by atoms with Crippen LogP contribution in [0.4, 0.5) is 0 Å².